The average Bonchev–Trinajstić information content (AvgIpc) is 2.65. The SMILES string of the molecule is Nc1nc(NC(=O)c2ccccn2)n[nH]1. The molecule has 0 saturated heterocycles. The van der Waals surface area contributed by atoms with E-state index in [-0.39, 0.29) is 17.8 Å². The summed E-state index contributed by atoms with van der Waals surface area (Å²) in [6, 6.07) is 5.03. The van der Waals surface area contributed by atoms with Crippen molar-refractivity contribution in [2.75, 3.05) is 11.1 Å². The summed E-state index contributed by atoms with van der Waals surface area (Å²) in [5, 5.41) is 8.51. The molecular weight excluding hydrogens is 196 g/mol. The minimum absolute atomic E-state index is 0.128. The fourth-order valence-electron chi connectivity index (χ4n) is 0.993. The van der Waals surface area contributed by atoms with Crippen molar-refractivity contribution in [1.82, 2.24) is 20.2 Å². The van der Waals surface area contributed by atoms with Crippen LogP contribution in [0, 0.1) is 0 Å². The lowest BCUT2D eigenvalue weighted by molar-refractivity contribution is 0.102. The van der Waals surface area contributed by atoms with E-state index in [2.05, 4.69) is 25.5 Å². The van der Waals surface area contributed by atoms with Gasteiger partial charge >= 0.3 is 0 Å². The number of H-pyrrole nitrogens is 1. The van der Waals surface area contributed by atoms with Crippen LogP contribution in [-0.4, -0.2) is 26.1 Å². The number of nitrogens with two attached hydrogens (primary N) is 1. The molecule has 0 fully saturated rings. The van der Waals surface area contributed by atoms with E-state index in [9.17, 15) is 4.79 Å². The van der Waals surface area contributed by atoms with Gasteiger partial charge in [-0.1, -0.05) is 6.07 Å². The van der Waals surface area contributed by atoms with Crippen LogP contribution in [0.3, 0.4) is 0 Å². The van der Waals surface area contributed by atoms with Crippen LogP contribution in [0.1, 0.15) is 10.5 Å². The number of pyridine rings is 1. The van der Waals surface area contributed by atoms with Gasteiger partial charge in [0.1, 0.15) is 5.69 Å². The fraction of sp³-hybridized carbons (Fsp3) is 0. The van der Waals surface area contributed by atoms with Gasteiger partial charge in [-0.25, -0.2) is 5.10 Å². The summed E-state index contributed by atoms with van der Waals surface area (Å²) in [5.41, 5.74) is 5.59. The molecule has 0 aliphatic carbocycles. The monoisotopic (exact) mass is 204 g/mol. The highest BCUT2D eigenvalue weighted by atomic mass is 16.2. The molecule has 76 valence electrons. The predicted molar refractivity (Wildman–Crippen MR) is 53.0 cm³/mol. The van der Waals surface area contributed by atoms with Crippen LogP contribution in [-0.2, 0) is 0 Å². The topological polar surface area (TPSA) is 110 Å². The zero-order valence-corrected chi connectivity index (χ0v) is 7.64. The van der Waals surface area contributed by atoms with E-state index in [1.54, 1.807) is 18.2 Å². The van der Waals surface area contributed by atoms with Gasteiger partial charge in [0.25, 0.3) is 11.9 Å². The Balaban J connectivity index is 2.11. The number of anilines is 2. The molecule has 7 nitrogen and oxygen atoms in total. The van der Waals surface area contributed by atoms with Crippen LogP contribution in [0.15, 0.2) is 24.4 Å². The minimum atomic E-state index is -0.380. The zero-order valence-electron chi connectivity index (χ0n) is 7.64. The molecule has 0 radical (unpaired) electrons. The average molecular weight is 204 g/mol. The first-order chi connectivity index (χ1) is 7.25. The number of aromatic amines is 1. The number of amides is 1. The van der Waals surface area contributed by atoms with Gasteiger partial charge in [-0.05, 0) is 12.1 Å². The molecule has 0 atom stereocenters. The molecule has 0 aliphatic rings. The molecule has 0 saturated carbocycles. The van der Waals surface area contributed by atoms with Gasteiger partial charge in [-0.15, -0.1) is 5.10 Å². The van der Waals surface area contributed by atoms with Crippen molar-refractivity contribution in [3.8, 4) is 0 Å². The first-order valence-corrected chi connectivity index (χ1v) is 4.16. The van der Waals surface area contributed by atoms with Crippen molar-refractivity contribution >= 4 is 17.8 Å². The van der Waals surface area contributed by atoms with Crippen LogP contribution in [0.5, 0.6) is 0 Å². The van der Waals surface area contributed by atoms with Crippen LogP contribution in [0.4, 0.5) is 11.9 Å². The second kappa shape index (κ2) is 3.74. The summed E-state index contributed by atoms with van der Waals surface area (Å²) in [5.74, 6) is -0.107. The lowest BCUT2D eigenvalue weighted by Gasteiger charge is -1.98. The number of carbonyl (C=O) groups excluding carboxylic acids is 1. The lowest BCUT2D eigenvalue weighted by atomic mass is 10.3. The van der Waals surface area contributed by atoms with Crippen molar-refractivity contribution in [2.24, 2.45) is 0 Å². The molecule has 2 rings (SSSR count). The molecule has 7 heteroatoms. The van der Waals surface area contributed by atoms with E-state index in [0.29, 0.717) is 5.69 Å². The van der Waals surface area contributed by atoms with Crippen LogP contribution in [0.2, 0.25) is 0 Å². The maximum Gasteiger partial charge on any atom is 0.276 e. The Morgan fingerprint density at radius 1 is 1.47 bits per heavy atom. The third-order valence-corrected chi connectivity index (χ3v) is 1.63. The van der Waals surface area contributed by atoms with Crippen molar-refractivity contribution in [2.45, 2.75) is 0 Å². The molecule has 0 aliphatic heterocycles. The number of aromatic nitrogens is 4. The first-order valence-electron chi connectivity index (χ1n) is 4.16. The maximum atomic E-state index is 11.5. The Labute approximate surface area is 84.7 Å². The number of nitrogens with one attached hydrogen (secondary N) is 2. The van der Waals surface area contributed by atoms with Gasteiger partial charge < -0.3 is 5.73 Å². The number of hydrogen-bond donors (Lipinski definition) is 3. The van der Waals surface area contributed by atoms with E-state index in [0.717, 1.165) is 0 Å². The normalized spacial score (nSPS) is 9.87. The Kier molecular flexibility index (Phi) is 2.28. The molecule has 2 heterocycles. The smallest absolute Gasteiger partial charge is 0.276 e. The third kappa shape index (κ3) is 2.08. The highest BCUT2D eigenvalue weighted by molar-refractivity contribution is 6.01. The summed E-state index contributed by atoms with van der Waals surface area (Å²) >= 11 is 0. The Hall–Kier alpha value is -2.44. The Morgan fingerprint density at radius 2 is 2.33 bits per heavy atom. The van der Waals surface area contributed by atoms with Gasteiger partial charge in [0.05, 0.1) is 0 Å². The van der Waals surface area contributed by atoms with E-state index >= 15 is 0 Å². The highest BCUT2D eigenvalue weighted by Gasteiger charge is 2.09. The summed E-state index contributed by atoms with van der Waals surface area (Å²) in [6.07, 6.45) is 1.53. The highest BCUT2D eigenvalue weighted by Crippen LogP contribution is 2.02. The second-order valence-corrected chi connectivity index (χ2v) is 2.71. The molecule has 0 aromatic carbocycles. The summed E-state index contributed by atoms with van der Waals surface area (Å²) < 4.78 is 0. The fourth-order valence-corrected chi connectivity index (χ4v) is 0.993. The second-order valence-electron chi connectivity index (χ2n) is 2.71. The van der Waals surface area contributed by atoms with Gasteiger partial charge in [-0.3, -0.25) is 15.1 Å². The van der Waals surface area contributed by atoms with Crippen LogP contribution in [0.25, 0.3) is 0 Å². The molecule has 2 aromatic rings. The summed E-state index contributed by atoms with van der Waals surface area (Å²) in [7, 11) is 0. The number of rotatable bonds is 2. The predicted octanol–water partition coefficient (Wildman–Crippen LogP) is 0.0342. The molecule has 15 heavy (non-hydrogen) atoms. The van der Waals surface area contributed by atoms with Crippen molar-refractivity contribution in [3.05, 3.63) is 30.1 Å². The van der Waals surface area contributed by atoms with Crippen LogP contribution >= 0.6 is 0 Å². The van der Waals surface area contributed by atoms with Gasteiger partial charge in [0, 0.05) is 6.20 Å². The van der Waals surface area contributed by atoms with E-state index in [1.807, 2.05) is 0 Å². The number of nitrogen functional groups attached to an aromatic ring is 1. The van der Waals surface area contributed by atoms with Gasteiger partial charge in [-0.2, -0.15) is 4.98 Å². The number of carbonyl (C=O) groups is 1. The Bertz CT molecular complexity index is 465. The molecule has 1 amide bonds. The van der Waals surface area contributed by atoms with E-state index < -0.39 is 0 Å². The van der Waals surface area contributed by atoms with Crippen LogP contribution < -0.4 is 11.1 Å². The zero-order chi connectivity index (χ0) is 10.7. The summed E-state index contributed by atoms with van der Waals surface area (Å²) in [6.45, 7) is 0. The summed E-state index contributed by atoms with van der Waals surface area (Å²) in [4.78, 5) is 19.1. The largest absolute Gasteiger partial charge is 0.368 e. The van der Waals surface area contributed by atoms with Crippen molar-refractivity contribution in [3.63, 3.8) is 0 Å². The standard InChI is InChI=1S/C8H8N6O/c9-7-12-8(14-13-7)11-6(15)5-3-1-2-4-10-5/h1-4H,(H4,9,11,12,13,14,15). The Morgan fingerprint density at radius 3 is 2.93 bits per heavy atom. The van der Waals surface area contributed by atoms with Gasteiger partial charge in [0.15, 0.2) is 0 Å². The van der Waals surface area contributed by atoms with Crippen molar-refractivity contribution in [1.29, 1.82) is 0 Å². The minimum Gasteiger partial charge on any atom is -0.368 e. The van der Waals surface area contributed by atoms with Gasteiger partial charge in [0.2, 0.25) is 5.95 Å². The van der Waals surface area contributed by atoms with E-state index in [1.165, 1.54) is 6.20 Å². The van der Waals surface area contributed by atoms with E-state index in [4.69, 9.17) is 5.73 Å². The number of nitrogens with zero attached hydrogens (tertiary/aromatic N) is 3. The quantitative estimate of drug-likeness (QED) is 0.639. The number of hydrogen-bond acceptors (Lipinski definition) is 5. The molecule has 0 spiro atoms. The molecular formula is C8H8N6O. The van der Waals surface area contributed by atoms with Crippen molar-refractivity contribution < 1.29 is 4.79 Å². The third-order valence-electron chi connectivity index (χ3n) is 1.63. The molecule has 4 N–H and O–H groups in total. The first kappa shape index (κ1) is 9.13. The lowest BCUT2D eigenvalue weighted by Crippen LogP contribution is -2.14. The molecule has 2 aromatic heterocycles. The maximum absolute atomic E-state index is 11.5. The molecule has 0 unspecified atom stereocenters. The molecule has 0 bridgehead atoms.